The smallest absolute Gasteiger partial charge is 0.240 e. The van der Waals surface area contributed by atoms with E-state index >= 15 is 0 Å². The molecule has 0 aromatic heterocycles. The van der Waals surface area contributed by atoms with Crippen molar-refractivity contribution >= 4 is 16.0 Å². The van der Waals surface area contributed by atoms with Gasteiger partial charge in [-0.15, -0.1) is 0 Å². The van der Waals surface area contributed by atoms with E-state index in [0.717, 1.165) is 5.56 Å². The molecule has 0 atom stereocenters. The molecular weight excluding hydrogens is 379 g/mol. The molecule has 2 aromatic carbocycles. The monoisotopic (exact) mass is 406 g/mol. The summed E-state index contributed by atoms with van der Waals surface area (Å²) in [6, 6.07) is 13.3. The van der Waals surface area contributed by atoms with E-state index in [1.807, 2.05) is 13.8 Å². The second-order valence-corrected chi connectivity index (χ2v) is 8.01. The Morgan fingerprint density at radius 3 is 2.43 bits per heavy atom. The highest BCUT2D eigenvalue weighted by atomic mass is 32.2. The molecule has 6 nitrogen and oxygen atoms in total. The van der Waals surface area contributed by atoms with Crippen LogP contribution in [0.4, 0.5) is 4.39 Å². The third kappa shape index (κ3) is 6.94. The average molecular weight is 407 g/mol. The van der Waals surface area contributed by atoms with Crippen molar-refractivity contribution in [2.75, 3.05) is 26.2 Å². The molecule has 0 radical (unpaired) electrons. The number of hydrogen-bond donors (Lipinski definition) is 3. The van der Waals surface area contributed by atoms with Crippen LogP contribution in [0.5, 0.6) is 0 Å². The van der Waals surface area contributed by atoms with Crippen LogP contribution in [0.1, 0.15) is 18.1 Å². The molecule has 0 saturated carbocycles. The summed E-state index contributed by atoms with van der Waals surface area (Å²) in [7, 11) is -3.55. The van der Waals surface area contributed by atoms with Crippen LogP contribution in [-0.4, -0.2) is 40.6 Å². The standard InChI is InChI=1S/C20H27FN4O2S/c1-3-22-20(23-13-12-17-6-4-5-7-19(17)21)24-14-15-25-28(26,27)18-10-8-16(2)9-11-18/h4-11,25H,3,12-15H2,1-2H3,(H2,22,23,24). The molecule has 2 aromatic rings. The Bertz CT molecular complexity index is 883. The van der Waals surface area contributed by atoms with Crippen molar-refractivity contribution in [2.45, 2.75) is 25.2 Å². The quantitative estimate of drug-likeness (QED) is 0.339. The van der Waals surface area contributed by atoms with Gasteiger partial charge >= 0.3 is 0 Å². The summed E-state index contributed by atoms with van der Waals surface area (Å²) < 4.78 is 40.7. The highest BCUT2D eigenvalue weighted by Crippen LogP contribution is 2.09. The van der Waals surface area contributed by atoms with Crippen molar-refractivity contribution in [3.63, 3.8) is 0 Å². The minimum Gasteiger partial charge on any atom is -0.357 e. The minimum absolute atomic E-state index is 0.181. The highest BCUT2D eigenvalue weighted by Gasteiger charge is 2.12. The van der Waals surface area contributed by atoms with E-state index < -0.39 is 10.0 Å². The predicted octanol–water partition coefficient (Wildman–Crippen LogP) is 2.21. The second kappa shape index (κ2) is 10.8. The number of sulfonamides is 1. The van der Waals surface area contributed by atoms with E-state index in [-0.39, 0.29) is 23.8 Å². The normalized spacial score (nSPS) is 12.0. The maximum absolute atomic E-state index is 13.6. The van der Waals surface area contributed by atoms with Gasteiger partial charge in [-0.1, -0.05) is 35.9 Å². The molecule has 28 heavy (non-hydrogen) atoms. The van der Waals surface area contributed by atoms with Crippen molar-refractivity contribution < 1.29 is 12.8 Å². The topological polar surface area (TPSA) is 82.6 Å². The van der Waals surface area contributed by atoms with E-state index in [4.69, 9.17) is 0 Å². The van der Waals surface area contributed by atoms with Crippen molar-refractivity contribution in [1.29, 1.82) is 0 Å². The number of nitrogens with zero attached hydrogens (tertiary/aromatic N) is 1. The van der Waals surface area contributed by atoms with Crippen LogP contribution >= 0.6 is 0 Å². The molecule has 0 aliphatic rings. The van der Waals surface area contributed by atoms with E-state index in [2.05, 4.69) is 20.3 Å². The van der Waals surface area contributed by atoms with Crippen LogP contribution < -0.4 is 15.4 Å². The molecule has 0 fully saturated rings. The molecular formula is C20H27FN4O2S. The van der Waals surface area contributed by atoms with Gasteiger partial charge in [-0.05, 0) is 44.0 Å². The number of guanidine groups is 1. The third-order valence-corrected chi connectivity index (χ3v) is 5.47. The summed E-state index contributed by atoms with van der Waals surface area (Å²) in [5.41, 5.74) is 1.64. The molecule has 0 amide bonds. The van der Waals surface area contributed by atoms with Crippen molar-refractivity contribution in [2.24, 2.45) is 4.99 Å². The number of nitrogens with one attached hydrogen (secondary N) is 3. The average Bonchev–Trinajstić information content (AvgIpc) is 2.67. The van der Waals surface area contributed by atoms with Gasteiger partial charge in [0.05, 0.1) is 11.4 Å². The minimum atomic E-state index is -3.55. The van der Waals surface area contributed by atoms with Gasteiger partial charge in [-0.3, -0.25) is 4.99 Å². The largest absolute Gasteiger partial charge is 0.357 e. The van der Waals surface area contributed by atoms with E-state index in [1.165, 1.54) is 6.07 Å². The first-order valence-electron chi connectivity index (χ1n) is 9.24. The van der Waals surface area contributed by atoms with Gasteiger partial charge in [-0.25, -0.2) is 17.5 Å². The van der Waals surface area contributed by atoms with Crippen molar-refractivity contribution in [3.05, 3.63) is 65.5 Å². The van der Waals surface area contributed by atoms with Gasteiger partial charge in [0.25, 0.3) is 0 Å². The van der Waals surface area contributed by atoms with Crippen LogP contribution in [0.2, 0.25) is 0 Å². The lowest BCUT2D eigenvalue weighted by molar-refractivity contribution is 0.582. The first kappa shape index (κ1) is 21.8. The number of benzene rings is 2. The second-order valence-electron chi connectivity index (χ2n) is 6.24. The number of rotatable bonds is 9. The SMILES string of the molecule is CCNC(=NCCNS(=O)(=O)c1ccc(C)cc1)NCCc1ccccc1F. The summed E-state index contributed by atoms with van der Waals surface area (Å²) in [6.45, 7) is 5.48. The summed E-state index contributed by atoms with van der Waals surface area (Å²) in [4.78, 5) is 4.58. The highest BCUT2D eigenvalue weighted by molar-refractivity contribution is 7.89. The van der Waals surface area contributed by atoms with Gasteiger partial charge in [0.15, 0.2) is 5.96 Å². The Labute approximate surface area is 166 Å². The van der Waals surface area contributed by atoms with E-state index in [0.29, 0.717) is 31.0 Å². The number of aryl methyl sites for hydroxylation is 1. The molecule has 8 heteroatoms. The maximum Gasteiger partial charge on any atom is 0.240 e. The molecule has 0 bridgehead atoms. The van der Waals surface area contributed by atoms with Crippen LogP contribution in [-0.2, 0) is 16.4 Å². The number of hydrogen-bond acceptors (Lipinski definition) is 3. The fourth-order valence-corrected chi connectivity index (χ4v) is 3.53. The Hall–Kier alpha value is -2.45. The zero-order chi connectivity index (χ0) is 20.4. The zero-order valence-corrected chi connectivity index (χ0v) is 17.0. The third-order valence-electron chi connectivity index (χ3n) is 3.99. The molecule has 0 heterocycles. The summed E-state index contributed by atoms with van der Waals surface area (Å²) in [5.74, 6) is 0.338. The Morgan fingerprint density at radius 2 is 1.75 bits per heavy atom. The fraction of sp³-hybridized carbons (Fsp3) is 0.350. The molecule has 0 spiro atoms. The molecule has 2 rings (SSSR count). The Kier molecular flexibility index (Phi) is 8.41. The zero-order valence-electron chi connectivity index (χ0n) is 16.2. The lowest BCUT2D eigenvalue weighted by Gasteiger charge is -2.12. The van der Waals surface area contributed by atoms with Gasteiger partial charge in [0.1, 0.15) is 5.82 Å². The maximum atomic E-state index is 13.6. The van der Waals surface area contributed by atoms with Gasteiger partial charge in [0, 0.05) is 19.6 Å². The lowest BCUT2D eigenvalue weighted by atomic mass is 10.1. The lowest BCUT2D eigenvalue weighted by Crippen LogP contribution is -2.39. The fourth-order valence-electron chi connectivity index (χ4n) is 2.51. The summed E-state index contributed by atoms with van der Waals surface area (Å²) in [5, 5.41) is 6.21. The van der Waals surface area contributed by atoms with Crippen LogP contribution in [0.25, 0.3) is 0 Å². The van der Waals surface area contributed by atoms with Crippen molar-refractivity contribution in [1.82, 2.24) is 15.4 Å². The molecule has 0 saturated heterocycles. The molecule has 152 valence electrons. The van der Waals surface area contributed by atoms with Crippen LogP contribution in [0.3, 0.4) is 0 Å². The number of aliphatic imine (C=N–C) groups is 1. The van der Waals surface area contributed by atoms with Crippen LogP contribution in [0, 0.1) is 12.7 Å². The van der Waals surface area contributed by atoms with E-state index in [9.17, 15) is 12.8 Å². The first-order chi connectivity index (χ1) is 13.4. The Balaban J connectivity index is 1.83. The predicted molar refractivity (Wildman–Crippen MR) is 110 cm³/mol. The van der Waals surface area contributed by atoms with Crippen LogP contribution in [0.15, 0.2) is 58.4 Å². The van der Waals surface area contributed by atoms with Gasteiger partial charge < -0.3 is 10.6 Å². The van der Waals surface area contributed by atoms with Gasteiger partial charge in [0.2, 0.25) is 10.0 Å². The van der Waals surface area contributed by atoms with E-state index in [1.54, 1.807) is 42.5 Å². The molecule has 0 unspecified atom stereocenters. The molecule has 0 aliphatic carbocycles. The summed E-state index contributed by atoms with van der Waals surface area (Å²) in [6.07, 6.45) is 0.525. The number of halogens is 1. The van der Waals surface area contributed by atoms with Gasteiger partial charge in [-0.2, -0.15) is 0 Å². The summed E-state index contributed by atoms with van der Waals surface area (Å²) >= 11 is 0. The molecule has 3 N–H and O–H groups in total. The van der Waals surface area contributed by atoms with Crippen molar-refractivity contribution in [3.8, 4) is 0 Å². The Morgan fingerprint density at radius 1 is 1.04 bits per heavy atom. The first-order valence-corrected chi connectivity index (χ1v) is 10.7. The molecule has 0 aliphatic heterocycles.